The monoisotopic (exact) mass is 448 g/mol. The van der Waals surface area contributed by atoms with Crippen LogP contribution in [0.2, 0.25) is 5.02 Å². The summed E-state index contributed by atoms with van der Waals surface area (Å²) in [6, 6.07) is 20.7. The molecule has 154 valence electrons. The summed E-state index contributed by atoms with van der Waals surface area (Å²) in [5.74, 6) is 0.567. The SMILES string of the molecule is O=C(CSc1nnc(-c2ccccc2)n1-c1ccc(Cl)cc1)NN=Cc1ccncc1. The molecule has 4 aromatic rings. The van der Waals surface area contributed by atoms with Crippen LogP contribution in [0.3, 0.4) is 0 Å². The Bertz CT molecular complexity index is 1180. The molecule has 0 saturated carbocycles. The number of carbonyl (C=O) groups is 1. The van der Waals surface area contributed by atoms with Crippen molar-refractivity contribution in [2.24, 2.45) is 5.10 Å². The number of thioether (sulfide) groups is 1. The van der Waals surface area contributed by atoms with Gasteiger partial charge in [0.2, 0.25) is 0 Å². The van der Waals surface area contributed by atoms with Crippen LogP contribution in [0.1, 0.15) is 5.56 Å². The first-order valence-electron chi connectivity index (χ1n) is 9.32. The molecular formula is C22H17ClN6OS. The minimum Gasteiger partial charge on any atom is -0.272 e. The summed E-state index contributed by atoms with van der Waals surface area (Å²) < 4.78 is 1.91. The van der Waals surface area contributed by atoms with Crippen LogP contribution >= 0.6 is 23.4 Å². The second kappa shape index (κ2) is 10.0. The predicted molar refractivity (Wildman–Crippen MR) is 123 cm³/mol. The van der Waals surface area contributed by atoms with Gasteiger partial charge in [-0.05, 0) is 42.0 Å². The van der Waals surface area contributed by atoms with E-state index in [1.165, 1.54) is 11.8 Å². The summed E-state index contributed by atoms with van der Waals surface area (Å²) in [6.07, 6.45) is 4.88. The molecule has 1 amide bonds. The molecular weight excluding hydrogens is 432 g/mol. The van der Waals surface area contributed by atoms with Gasteiger partial charge in [-0.2, -0.15) is 5.10 Å². The van der Waals surface area contributed by atoms with Crippen molar-refractivity contribution in [2.45, 2.75) is 5.16 Å². The number of nitrogens with zero attached hydrogens (tertiary/aromatic N) is 5. The van der Waals surface area contributed by atoms with Crippen molar-refractivity contribution < 1.29 is 4.79 Å². The third-order valence-electron chi connectivity index (χ3n) is 4.19. The smallest absolute Gasteiger partial charge is 0.250 e. The van der Waals surface area contributed by atoms with Crippen LogP contribution in [0.25, 0.3) is 17.1 Å². The molecule has 4 rings (SSSR count). The number of hydrazone groups is 1. The van der Waals surface area contributed by atoms with Gasteiger partial charge in [-0.3, -0.25) is 14.3 Å². The number of benzene rings is 2. The average molecular weight is 449 g/mol. The van der Waals surface area contributed by atoms with E-state index >= 15 is 0 Å². The zero-order chi connectivity index (χ0) is 21.5. The Labute approximate surface area is 188 Å². The second-order valence-electron chi connectivity index (χ2n) is 6.35. The van der Waals surface area contributed by atoms with Crippen molar-refractivity contribution >= 4 is 35.5 Å². The number of pyridine rings is 1. The molecule has 0 bridgehead atoms. The summed E-state index contributed by atoms with van der Waals surface area (Å²) in [6.45, 7) is 0. The molecule has 0 aliphatic rings. The van der Waals surface area contributed by atoms with Crippen molar-refractivity contribution in [1.29, 1.82) is 0 Å². The van der Waals surface area contributed by atoms with Gasteiger partial charge in [-0.25, -0.2) is 5.43 Å². The lowest BCUT2D eigenvalue weighted by molar-refractivity contribution is -0.118. The van der Waals surface area contributed by atoms with Crippen LogP contribution in [0.5, 0.6) is 0 Å². The summed E-state index contributed by atoms with van der Waals surface area (Å²) in [5, 5.41) is 13.9. The summed E-state index contributed by atoms with van der Waals surface area (Å²) >= 11 is 7.33. The average Bonchev–Trinajstić information content (AvgIpc) is 3.23. The van der Waals surface area contributed by atoms with Gasteiger partial charge in [0.05, 0.1) is 12.0 Å². The molecule has 0 atom stereocenters. The van der Waals surface area contributed by atoms with E-state index < -0.39 is 0 Å². The molecule has 0 radical (unpaired) electrons. The highest BCUT2D eigenvalue weighted by atomic mass is 35.5. The number of hydrogen-bond donors (Lipinski definition) is 1. The zero-order valence-corrected chi connectivity index (χ0v) is 17.8. The summed E-state index contributed by atoms with van der Waals surface area (Å²) in [4.78, 5) is 16.2. The van der Waals surface area contributed by atoms with Gasteiger partial charge in [0, 0.05) is 28.7 Å². The minimum atomic E-state index is -0.248. The van der Waals surface area contributed by atoms with Crippen LogP contribution in [0, 0.1) is 0 Å². The maximum absolute atomic E-state index is 12.2. The Morgan fingerprint density at radius 1 is 1.03 bits per heavy atom. The molecule has 2 aromatic heterocycles. The molecule has 31 heavy (non-hydrogen) atoms. The van der Waals surface area contributed by atoms with Gasteiger partial charge in [0.1, 0.15) is 0 Å². The predicted octanol–water partition coefficient (Wildman–Crippen LogP) is 4.23. The lowest BCUT2D eigenvalue weighted by Gasteiger charge is -2.10. The van der Waals surface area contributed by atoms with Crippen molar-refractivity contribution in [1.82, 2.24) is 25.2 Å². The van der Waals surface area contributed by atoms with E-state index in [0.29, 0.717) is 16.0 Å². The molecule has 0 unspecified atom stereocenters. The lowest BCUT2D eigenvalue weighted by Crippen LogP contribution is -2.20. The molecule has 0 aliphatic heterocycles. The highest BCUT2D eigenvalue weighted by Crippen LogP contribution is 2.28. The molecule has 0 aliphatic carbocycles. The van der Waals surface area contributed by atoms with E-state index in [4.69, 9.17) is 11.6 Å². The Balaban J connectivity index is 1.51. The number of rotatable bonds is 7. The fourth-order valence-electron chi connectivity index (χ4n) is 2.75. The molecule has 2 heterocycles. The Morgan fingerprint density at radius 2 is 1.77 bits per heavy atom. The first kappa shape index (κ1) is 20.8. The highest BCUT2D eigenvalue weighted by molar-refractivity contribution is 7.99. The molecule has 0 spiro atoms. The zero-order valence-electron chi connectivity index (χ0n) is 16.2. The maximum atomic E-state index is 12.2. The van der Waals surface area contributed by atoms with Crippen LogP contribution in [0.15, 0.2) is 89.4 Å². The highest BCUT2D eigenvalue weighted by Gasteiger charge is 2.17. The van der Waals surface area contributed by atoms with Crippen LogP contribution in [0.4, 0.5) is 0 Å². The van der Waals surface area contributed by atoms with E-state index in [9.17, 15) is 4.79 Å². The first-order valence-corrected chi connectivity index (χ1v) is 10.7. The molecule has 9 heteroatoms. The fourth-order valence-corrected chi connectivity index (χ4v) is 3.62. The van der Waals surface area contributed by atoms with E-state index in [1.807, 2.05) is 47.0 Å². The first-order chi connectivity index (χ1) is 15.2. The number of carbonyl (C=O) groups excluding carboxylic acids is 1. The molecule has 0 fully saturated rings. The molecule has 7 nitrogen and oxygen atoms in total. The normalized spacial score (nSPS) is 11.0. The maximum Gasteiger partial charge on any atom is 0.250 e. The number of halogens is 1. The third kappa shape index (κ3) is 5.36. The van der Waals surface area contributed by atoms with E-state index in [2.05, 4.69) is 25.7 Å². The molecule has 2 aromatic carbocycles. The topological polar surface area (TPSA) is 85.1 Å². The van der Waals surface area contributed by atoms with Crippen LogP contribution in [-0.2, 0) is 4.79 Å². The van der Waals surface area contributed by atoms with Crippen molar-refractivity contribution in [3.63, 3.8) is 0 Å². The quantitative estimate of drug-likeness (QED) is 0.260. The third-order valence-corrected chi connectivity index (χ3v) is 5.37. The van der Waals surface area contributed by atoms with Crippen LogP contribution in [-0.4, -0.2) is 37.6 Å². The lowest BCUT2D eigenvalue weighted by atomic mass is 10.2. The standard InChI is InChI=1S/C22H17ClN6OS/c23-18-6-8-19(9-7-18)29-21(17-4-2-1-3-5-17)27-28-22(29)31-15-20(30)26-25-14-16-10-12-24-13-11-16/h1-14H,15H2,(H,26,30). The van der Waals surface area contributed by atoms with E-state index in [-0.39, 0.29) is 11.7 Å². The number of nitrogens with one attached hydrogen (secondary N) is 1. The summed E-state index contributed by atoms with van der Waals surface area (Å²) in [5.41, 5.74) is 5.14. The number of hydrogen-bond acceptors (Lipinski definition) is 6. The van der Waals surface area contributed by atoms with Gasteiger partial charge >= 0.3 is 0 Å². The van der Waals surface area contributed by atoms with Crippen molar-refractivity contribution in [3.05, 3.63) is 89.7 Å². The van der Waals surface area contributed by atoms with E-state index in [1.54, 1.807) is 42.9 Å². The van der Waals surface area contributed by atoms with Gasteiger partial charge in [-0.15, -0.1) is 10.2 Å². The van der Waals surface area contributed by atoms with Crippen molar-refractivity contribution in [2.75, 3.05) is 5.75 Å². The second-order valence-corrected chi connectivity index (χ2v) is 7.73. The van der Waals surface area contributed by atoms with Gasteiger partial charge in [-0.1, -0.05) is 53.7 Å². The molecule has 0 saturated heterocycles. The van der Waals surface area contributed by atoms with Crippen molar-refractivity contribution in [3.8, 4) is 17.1 Å². The van der Waals surface area contributed by atoms with Gasteiger partial charge < -0.3 is 0 Å². The van der Waals surface area contributed by atoms with E-state index in [0.717, 1.165) is 16.8 Å². The largest absolute Gasteiger partial charge is 0.272 e. The van der Waals surface area contributed by atoms with Gasteiger partial charge in [0.25, 0.3) is 5.91 Å². The van der Waals surface area contributed by atoms with Gasteiger partial charge in [0.15, 0.2) is 11.0 Å². The Hall–Kier alpha value is -3.49. The fraction of sp³-hybridized carbons (Fsp3) is 0.0455. The molecule has 1 N–H and O–H groups in total. The number of amides is 1. The summed E-state index contributed by atoms with van der Waals surface area (Å²) in [7, 11) is 0. The minimum absolute atomic E-state index is 0.133. The Morgan fingerprint density at radius 3 is 2.52 bits per heavy atom. The van der Waals surface area contributed by atoms with Crippen LogP contribution < -0.4 is 5.43 Å². The number of aromatic nitrogens is 4. The Kier molecular flexibility index (Phi) is 6.71.